The zero-order chi connectivity index (χ0) is 21.0. The van der Waals surface area contributed by atoms with Gasteiger partial charge in [-0.3, -0.25) is 4.79 Å². The van der Waals surface area contributed by atoms with Crippen molar-refractivity contribution < 1.29 is 27.6 Å². The van der Waals surface area contributed by atoms with Crippen molar-refractivity contribution in [1.82, 2.24) is 10.5 Å². The first-order valence-corrected chi connectivity index (χ1v) is 10.4. The van der Waals surface area contributed by atoms with Crippen molar-refractivity contribution in [3.63, 3.8) is 0 Å². The quantitative estimate of drug-likeness (QED) is 0.774. The molecule has 1 aromatic carbocycles. The number of hydrogen-bond acceptors (Lipinski definition) is 5. The van der Waals surface area contributed by atoms with Crippen LogP contribution in [0.5, 0.6) is 0 Å². The molecule has 0 radical (unpaired) electrons. The molecule has 2 aromatic rings. The molecule has 1 amide bonds. The molecule has 162 valence electrons. The lowest BCUT2D eigenvalue weighted by Gasteiger charge is -2.35. The number of nitrogens with zero attached hydrogens (tertiary/aromatic N) is 1. The van der Waals surface area contributed by atoms with Crippen LogP contribution >= 0.6 is 0 Å². The molecule has 2 aliphatic heterocycles. The predicted molar refractivity (Wildman–Crippen MR) is 105 cm³/mol. The summed E-state index contributed by atoms with van der Waals surface area (Å²) in [5, 5.41) is 7.03. The summed E-state index contributed by atoms with van der Waals surface area (Å²) in [6.07, 6.45) is 3.55. The van der Waals surface area contributed by atoms with Crippen molar-refractivity contribution in [2.75, 3.05) is 33.0 Å². The first-order valence-electron chi connectivity index (χ1n) is 10.4. The SMILES string of the molecule is O=C(NCC1CCCOC1)C1(Cc2cc(-c3ccc(F)cc3F)no2)CCOCC1. The summed E-state index contributed by atoms with van der Waals surface area (Å²) in [5.74, 6) is -0.559. The minimum absolute atomic E-state index is 0.0257. The van der Waals surface area contributed by atoms with Crippen molar-refractivity contribution in [2.45, 2.75) is 32.1 Å². The van der Waals surface area contributed by atoms with Crippen LogP contribution in [-0.4, -0.2) is 44.0 Å². The number of aromatic nitrogens is 1. The third-order valence-electron chi connectivity index (χ3n) is 6.02. The average molecular weight is 420 g/mol. The molecular weight excluding hydrogens is 394 g/mol. The van der Waals surface area contributed by atoms with Gasteiger partial charge in [-0.25, -0.2) is 8.78 Å². The molecule has 2 aliphatic rings. The van der Waals surface area contributed by atoms with Gasteiger partial charge in [0.1, 0.15) is 23.1 Å². The van der Waals surface area contributed by atoms with Gasteiger partial charge in [0.05, 0.1) is 12.0 Å². The summed E-state index contributed by atoms with van der Waals surface area (Å²) in [7, 11) is 0. The summed E-state index contributed by atoms with van der Waals surface area (Å²) in [6.45, 7) is 3.03. The monoisotopic (exact) mass is 420 g/mol. The Hall–Kier alpha value is -2.32. The number of hydrogen-bond donors (Lipinski definition) is 1. The van der Waals surface area contributed by atoms with E-state index in [-0.39, 0.29) is 17.2 Å². The van der Waals surface area contributed by atoms with Crippen LogP contribution in [0.3, 0.4) is 0 Å². The van der Waals surface area contributed by atoms with E-state index >= 15 is 0 Å². The van der Waals surface area contributed by atoms with Crippen LogP contribution in [0.25, 0.3) is 11.3 Å². The van der Waals surface area contributed by atoms with Crippen LogP contribution in [0, 0.1) is 23.0 Å². The lowest BCUT2D eigenvalue weighted by molar-refractivity contribution is -0.137. The van der Waals surface area contributed by atoms with E-state index in [1.807, 2.05) is 0 Å². The van der Waals surface area contributed by atoms with Crippen LogP contribution in [0.15, 0.2) is 28.8 Å². The van der Waals surface area contributed by atoms with Crippen molar-refractivity contribution >= 4 is 5.91 Å². The van der Waals surface area contributed by atoms with Gasteiger partial charge in [0.25, 0.3) is 0 Å². The third kappa shape index (κ3) is 4.70. The zero-order valence-electron chi connectivity index (χ0n) is 16.8. The highest BCUT2D eigenvalue weighted by Gasteiger charge is 2.41. The summed E-state index contributed by atoms with van der Waals surface area (Å²) in [6, 6.07) is 4.94. The van der Waals surface area contributed by atoms with Gasteiger partial charge in [-0.1, -0.05) is 5.16 Å². The number of rotatable bonds is 6. The minimum atomic E-state index is -0.705. The number of amides is 1. The van der Waals surface area contributed by atoms with Gasteiger partial charge in [-0.2, -0.15) is 0 Å². The summed E-state index contributed by atoms with van der Waals surface area (Å²) >= 11 is 0. The number of benzene rings is 1. The molecule has 1 unspecified atom stereocenters. The Morgan fingerprint density at radius 1 is 1.17 bits per heavy atom. The van der Waals surface area contributed by atoms with Crippen LogP contribution in [0.4, 0.5) is 8.78 Å². The number of halogens is 2. The molecular formula is C22H26F2N2O4. The molecule has 8 heteroatoms. The fourth-order valence-corrected chi connectivity index (χ4v) is 4.19. The summed E-state index contributed by atoms with van der Waals surface area (Å²) in [4.78, 5) is 13.2. The Morgan fingerprint density at radius 3 is 2.73 bits per heavy atom. The molecule has 4 rings (SSSR count). The molecule has 1 aromatic heterocycles. The van der Waals surface area contributed by atoms with Crippen molar-refractivity contribution in [1.29, 1.82) is 0 Å². The number of carbonyl (C=O) groups is 1. The molecule has 0 saturated carbocycles. The van der Waals surface area contributed by atoms with Crippen molar-refractivity contribution in [3.8, 4) is 11.3 Å². The smallest absolute Gasteiger partial charge is 0.226 e. The fourth-order valence-electron chi connectivity index (χ4n) is 4.19. The minimum Gasteiger partial charge on any atom is -0.381 e. The van der Waals surface area contributed by atoms with Crippen molar-refractivity contribution in [3.05, 3.63) is 41.7 Å². The zero-order valence-corrected chi connectivity index (χ0v) is 16.8. The summed E-state index contributed by atoms with van der Waals surface area (Å²) in [5.41, 5.74) is -0.218. The summed E-state index contributed by atoms with van der Waals surface area (Å²) < 4.78 is 43.6. The molecule has 30 heavy (non-hydrogen) atoms. The standard InChI is InChI=1S/C22H26F2N2O4/c23-16-3-4-18(19(24)10-16)20-11-17(30-26-20)12-22(5-8-28-9-6-22)21(27)25-13-15-2-1-7-29-14-15/h3-4,10-11,15H,1-2,5-9,12-14H2,(H,25,27). The highest BCUT2D eigenvalue weighted by molar-refractivity contribution is 5.83. The molecule has 2 saturated heterocycles. The van der Waals surface area contributed by atoms with Gasteiger partial charge in [0, 0.05) is 50.5 Å². The molecule has 1 N–H and O–H groups in total. The first-order chi connectivity index (χ1) is 14.6. The second-order valence-corrected chi connectivity index (χ2v) is 8.17. The highest BCUT2D eigenvalue weighted by atomic mass is 19.1. The largest absolute Gasteiger partial charge is 0.381 e. The Morgan fingerprint density at radius 2 is 2.00 bits per heavy atom. The van der Waals surface area contributed by atoms with E-state index in [1.165, 1.54) is 12.1 Å². The van der Waals surface area contributed by atoms with E-state index in [2.05, 4.69) is 10.5 Å². The highest BCUT2D eigenvalue weighted by Crippen LogP contribution is 2.36. The van der Waals surface area contributed by atoms with E-state index in [1.54, 1.807) is 6.07 Å². The molecule has 0 bridgehead atoms. The normalized spacial score (nSPS) is 21.3. The van der Waals surface area contributed by atoms with Crippen molar-refractivity contribution in [2.24, 2.45) is 11.3 Å². The van der Waals surface area contributed by atoms with E-state index < -0.39 is 17.0 Å². The third-order valence-corrected chi connectivity index (χ3v) is 6.02. The molecule has 3 heterocycles. The fraction of sp³-hybridized carbons (Fsp3) is 0.545. The molecule has 0 aliphatic carbocycles. The molecule has 6 nitrogen and oxygen atoms in total. The molecule has 1 atom stereocenters. The van der Waals surface area contributed by atoms with Gasteiger partial charge >= 0.3 is 0 Å². The average Bonchev–Trinajstić information content (AvgIpc) is 3.21. The van der Waals surface area contributed by atoms with Crippen LogP contribution in [0.1, 0.15) is 31.4 Å². The van der Waals surface area contributed by atoms with Gasteiger partial charge in [0.15, 0.2) is 0 Å². The topological polar surface area (TPSA) is 73.6 Å². The Labute approximate surface area is 173 Å². The van der Waals surface area contributed by atoms with E-state index in [0.29, 0.717) is 57.3 Å². The van der Waals surface area contributed by atoms with E-state index in [0.717, 1.165) is 25.5 Å². The van der Waals surface area contributed by atoms with Crippen LogP contribution in [0.2, 0.25) is 0 Å². The Balaban J connectivity index is 1.47. The first kappa shape index (κ1) is 20.9. The van der Waals surface area contributed by atoms with E-state index in [4.69, 9.17) is 14.0 Å². The van der Waals surface area contributed by atoms with Crippen LogP contribution < -0.4 is 5.32 Å². The molecule has 2 fully saturated rings. The van der Waals surface area contributed by atoms with Gasteiger partial charge < -0.3 is 19.3 Å². The van der Waals surface area contributed by atoms with Gasteiger partial charge in [0.2, 0.25) is 5.91 Å². The predicted octanol–water partition coefficient (Wildman–Crippen LogP) is 3.50. The number of carbonyl (C=O) groups excluding carboxylic acids is 1. The second-order valence-electron chi connectivity index (χ2n) is 8.17. The Kier molecular flexibility index (Phi) is 6.43. The Bertz CT molecular complexity index is 874. The van der Waals surface area contributed by atoms with Gasteiger partial charge in [-0.15, -0.1) is 0 Å². The number of ether oxygens (including phenoxy) is 2. The molecule has 0 spiro atoms. The second kappa shape index (κ2) is 9.22. The van der Waals surface area contributed by atoms with E-state index in [9.17, 15) is 13.6 Å². The lowest BCUT2D eigenvalue weighted by atomic mass is 9.75. The number of nitrogens with one attached hydrogen (secondary N) is 1. The van der Waals surface area contributed by atoms with Crippen LogP contribution in [-0.2, 0) is 20.7 Å². The maximum atomic E-state index is 14.1. The lowest BCUT2D eigenvalue weighted by Crippen LogP contribution is -2.47. The maximum absolute atomic E-state index is 14.1. The maximum Gasteiger partial charge on any atom is 0.226 e. The van der Waals surface area contributed by atoms with Gasteiger partial charge in [-0.05, 0) is 43.7 Å².